The van der Waals surface area contributed by atoms with Crippen molar-refractivity contribution >= 4 is 11.6 Å². The number of anilines is 1. The van der Waals surface area contributed by atoms with E-state index in [-0.39, 0.29) is 11.3 Å². The SMILES string of the molecule is CC(=O)Nc1c[nH]nc1C(C)(C)C. The molecular weight excluding hydrogens is 166 g/mol. The number of carbonyl (C=O) groups is 1. The van der Waals surface area contributed by atoms with Gasteiger partial charge in [-0.3, -0.25) is 9.89 Å². The summed E-state index contributed by atoms with van der Waals surface area (Å²) in [6.45, 7) is 7.64. The first-order valence-corrected chi connectivity index (χ1v) is 4.23. The summed E-state index contributed by atoms with van der Waals surface area (Å²) < 4.78 is 0. The summed E-state index contributed by atoms with van der Waals surface area (Å²) in [4.78, 5) is 10.8. The Bertz CT molecular complexity index is 309. The van der Waals surface area contributed by atoms with Gasteiger partial charge in [-0.25, -0.2) is 0 Å². The van der Waals surface area contributed by atoms with Crippen molar-refractivity contribution in [1.82, 2.24) is 10.2 Å². The zero-order chi connectivity index (χ0) is 10.1. The zero-order valence-corrected chi connectivity index (χ0v) is 8.43. The molecule has 0 aliphatic rings. The number of nitrogens with zero attached hydrogens (tertiary/aromatic N) is 1. The predicted octanol–water partition coefficient (Wildman–Crippen LogP) is 1.67. The molecule has 13 heavy (non-hydrogen) atoms. The fourth-order valence-electron chi connectivity index (χ4n) is 1.15. The highest BCUT2D eigenvalue weighted by Crippen LogP contribution is 2.26. The molecule has 4 nitrogen and oxygen atoms in total. The molecular formula is C9H15N3O. The van der Waals surface area contributed by atoms with Crippen LogP contribution in [0.2, 0.25) is 0 Å². The molecule has 72 valence electrons. The minimum Gasteiger partial charge on any atom is -0.323 e. The minimum atomic E-state index is -0.0769. The number of aromatic nitrogens is 2. The lowest BCUT2D eigenvalue weighted by Gasteiger charge is -2.16. The summed E-state index contributed by atoms with van der Waals surface area (Å²) in [6, 6.07) is 0. The topological polar surface area (TPSA) is 57.8 Å². The second-order valence-corrected chi connectivity index (χ2v) is 4.08. The van der Waals surface area contributed by atoms with Crippen molar-refractivity contribution in [3.8, 4) is 0 Å². The number of carbonyl (C=O) groups excluding carboxylic acids is 1. The molecule has 4 heteroatoms. The molecule has 0 saturated carbocycles. The highest BCUT2D eigenvalue weighted by Gasteiger charge is 2.21. The highest BCUT2D eigenvalue weighted by molar-refractivity contribution is 5.89. The van der Waals surface area contributed by atoms with E-state index in [1.807, 2.05) is 0 Å². The molecule has 0 bridgehead atoms. The van der Waals surface area contributed by atoms with Gasteiger partial charge in [-0.15, -0.1) is 0 Å². The number of nitrogens with one attached hydrogen (secondary N) is 2. The fraction of sp³-hybridized carbons (Fsp3) is 0.556. The van der Waals surface area contributed by atoms with Crippen LogP contribution in [0.4, 0.5) is 5.69 Å². The molecule has 1 aromatic heterocycles. The lowest BCUT2D eigenvalue weighted by Crippen LogP contribution is -2.16. The number of hydrogen-bond donors (Lipinski definition) is 2. The molecule has 0 aromatic carbocycles. The van der Waals surface area contributed by atoms with Crippen molar-refractivity contribution in [2.24, 2.45) is 0 Å². The fourth-order valence-corrected chi connectivity index (χ4v) is 1.15. The molecule has 0 radical (unpaired) electrons. The van der Waals surface area contributed by atoms with Crippen LogP contribution in [0, 0.1) is 0 Å². The van der Waals surface area contributed by atoms with Crippen LogP contribution >= 0.6 is 0 Å². The van der Waals surface area contributed by atoms with Gasteiger partial charge in [0.1, 0.15) is 0 Å². The lowest BCUT2D eigenvalue weighted by atomic mass is 9.91. The van der Waals surface area contributed by atoms with Gasteiger partial charge in [0.15, 0.2) is 0 Å². The van der Waals surface area contributed by atoms with Crippen molar-refractivity contribution in [1.29, 1.82) is 0 Å². The molecule has 0 saturated heterocycles. The maximum atomic E-state index is 10.8. The molecule has 0 aliphatic heterocycles. The summed E-state index contributed by atoms with van der Waals surface area (Å²) in [5.41, 5.74) is 1.58. The normalized spacial score (nSPS) is 11.4. The quantitative estimate of drug-likeness (QED) is 0.692. The monoisotopic (exact) mass is 181 g/mol. The Morgan fingerprint density at radius 2 is 2.15 bits per heavy atom. The molecule has 1 amide bonds. The number of hydrogen-bond acceptors (Lipinski definition) is 2. The van der Waals surface area contributed by atoms with E-state index in [4.69, 9.17) is 0 Å². The number of amides is 1. The Hall–Kier alpha value is -1.32. The van der Waals surface area contributed by atoms with Crippen LogP contribution in [-0.4, -0.2) is 16.1 Å². The maximum Gasteiger partial charge on any atom is 0.221 e. The van der Waals surface area contributed by atoms with Crippen LogP contribution in [-0.2, 0) is 10.2 Å². The average molecular weight is 181 g/mol. The first-order chi connectivity index (χ1) is 5.91. The van der Waals surface area contributed by atoms with E-state index in [2.05, 4.69) is 36.3 Å². The van der Waals surface area contributed by atoms with Crippen molar-refractivity contribution < 1.29 is 4.79 Å². The molecule has 1 rings (SSSR count). The zero-order valence-electron chi connectivity index (χ0n) is 8.43. The van der Waals surface area contributed by atoms with Gasteiger partial charge >= 0.3 is 0 Å². The van der Waals surface area contributed by atoms with Gasteiger partial charge < -0.3 is 5.32 Å². The first-order valence-electron chi connectivity index (χ1n) is 4.23. The van der Waals surface area contributed by atoms with Crippen molar-refractivity contribution in [2.45, 2.75) is 33.1 Å². The Morgan fingerprint density at radius 3 is 2.62 bits per heavy atom. The van der Waals surface area contributed by atoms with Crippen LogP contribution in [0.15, 0.2) is 6.20 Å². The third-order valence-corrected chi connectivity index (χ3v) is 1.66. The molecule has 0 atom stereocenters. The van der Waals surface area contributed by atoms with Crippen LogP contribution < -0.4 is 5.32 Å². The molecule has 1 heterocycles. The second kappa shape index (κ2) is 3.20. The molecule has 2 N–H and O–H groups in total. The van der Waals surface area contributed by atoms with Crippen LogP contribution in [0.3, 0.4) is 0 Å². The molecule has 0 aliphatic carbocycles. The molecule has 1 aromatic rings. The Kier molecular flexibility index (Phi) is 2.40. The molecule has 0 fully saturated rings. The minimum absolute atomic E-state index is 0.0578. The number of rotatable bonds is 1. The van der Waals surface area contributed by atoms with Gasteiger partial charge in [0.2, 0.25) is 5.91 Å². The predicted molar refractivity (Wildman–Crippen MR) is 51.6 cm³/mol. The highest BCUT2D eigenvalue weighted by atomic mass is 16.1. The van der Waals surface area contributed by atoms with Gasteiger partial charge in [-0.05, 0) is 0 Å². The van der Waals surface area contributed by atoms with Crippen molar-refractivity contribution in [3.05, 3.63) is 11.9 Å². The summed E-state index contributed by atoms with van der Waals surface area (Å²) in [5, 5.41) is 9.57. The molecule has 0 spiro atoms. The van der Waals surface area contributed by atoms with E-state index in [9.17, 15) is 4.79 Å². The van der Waals surface area contributed by atoms with Gasteiger partial charge in [0.05, 0.1) is 11.4 Å². The summed E-state index contributed by atoms with van der Waals surface area (Å²) in [7, 11) is 0. The Morgan fingerprint density at radius 1 is 1.54 bits per heavy atom. The first kappa shape index (κ1) is 9.77. The summed E-state index contributed by atoms with van der Waals surface area (Å²) in [6.07, 6.45) is 1.70. The van der Waals surface area contributed by atoms with Crippen LogP contribution in [0.1, 0.15) is 33.4 Å². The van der Waals surface area contributed by atoms with Crippen LogP contribution in [0.5, 0.6) is 0 Å². The van der Waals surface area contributed by atoms with Crippen molar-refractivity contribution in [3.63, 3.8) is 0 Å². The Labute approximate surface area is 77.7 Å². The third kappa shape index (κ3) is 2.31. The van der Waals surface area contributed by atoms with E-state index >= 15 is 0 Å². The average Bonchev–Trinajstić information content (AvgIpc) is 2.31. The van der Waals surface area contributed by atoms with Gasteiger partial charge in [-0.1, -0.05) is 20.8 Å². The van der Waals surface area contributed by atoms with Crippen molar-refractivity contribution in [2.75, 3.05) is 5.32 Å². The Balaban J connectivity index is 2.96. The van der Waals surface area contributed by atoms with E-state index in [1.54, 1.807) is 6.20 Å². The second-order valence-electron chi connectivity index (χ2n) is 4.08. The summed E-state index contributed by atoms with van der Waals surface area (Å²) in [5.74, 6) is -0.0769. The largest absolute Gasteiger partial charge is 0.323 e. The smallest absolute Gasteiger partial charge is 0.221 e. The standard InChI is InChI=1S/C9H15N3O/c1-6(13)11-7-5-10-12-8(7)9(2,3)4/h5H,1-4H3,(H,10,12)(H,11,13). The van der Waals surface area contributed by atoms with E-state index in [0.29, 0.717) is 0 Å². The number of aromatic amines is 1. The van der Waals surface area contributed by atoms with Gasteiger partial charge in [-0.2, -0.15) is 5.10 Å². The van der Waals surface area contributed by atoms with E-state index < -0.39 is 0 Å². The third-order valence-electron chi connectivity index (χ3n) is 1.66. The maximum absolute atomic E-state index is 10.8. The lowest BCUT2D eigenvalue weighted by molar-refractivity contribution is -0.114. The molecule has 0 unspecified atom stereocenters. The number of H-pyrrole nitrogens is 1. The van der Waals surface area contributed by atoms with E-state index in [1.165, 1.54) is 6.92 Å². The van der Waals surface area contributed by atoms with Gasteiger partial charge in [0.25, 0.3) is 0 Å². The van der Waals surface area contributed by atoms with E-state index in [0.717, 1.165) is 11.4 Å². The van der Waals surface area contributed by atoms with Gasteiger partial charge in [0, 0.05) is 18.5 Å². The van der Waals surface area contributed by atoms with Crippen LogP contribution in [0.25, 0.3) is 0 Å². The summed E-state index contributed by atoms with van der Waals surface area (Å²) >= 11 is 0.